The molecule has 1 aromatic heterocycles. The molecule has 2 aromatic rings. The van der Waals surface area contributed by atoms with E-state index >= 15 is 0 Å². The molecule has 6 heteroatoms. The molecule has 0 saturated heterocycles. The van der Waals surface area contributed by atoms with Crippen LogP contribution >= 0.6 is 23.2 Å². The molecule has 2 rings (SSSR count). The number of benzene rings is 1. The lowest BCUT2D eigenvalue weighted by molar-refractivity contribution is 0.547. The number of hydrogen-bond acceptors (Lipinski definition) is 4. The molecule has 1 heterocycles. The van der Waals surface area contributed by atoms with Crippen molar-refractivity contribution in [1.82, 2.24) is 9.97 Å². The van der Waals surface area contributed by atoms with Gasteiger partial charge >= 0.3 is 0 Å². The van der Waals surface area contributed by atoms with E-state index in [1.165, 1.54) is 0 Å². The van der Waals surface area contributed by atoms with Crippen molar-refractivity contribution in [2.24, 2.45) is 0 Å². The molecule has 0 atom stereocenters. The number of hydrogen-bond donors (Lipinski definition) is 2. The Labute approximate surface area is 134 Å². The molecular weight excluding hydrogens is 307 g/mol. The Hall–Kier alpha value is -1.52. The summed E-state index contributed by atoms with van der Waals surface area (Å²) in [5.74, 6) is 2.20. The maximum atomic E-state index is 6.01. The summed E-state index contributed by atoms with van der Waals surface area (Å²) in [6.07, 6.45) is 0. The van der Waals surface area contributed by atoms with Crippen LogP contribution in [0.25, 0.3) is 0 Å². The second-order valence-electron chi connectivity index (χ2n) is 5.75. The Balaban J connectivity index is 2.39. The van der Waals surface area contributed by atoms with Crippen LogP contribution in [0.3, 0.4) is 0 Å². The Morgan fingerprint density at radius 3 is 2.00 bits per heavy atom. The van der Waals surface area contributed by atoms with Crippen LogP contribution in [0.1, 0.15) is 26.6 Å². The van der Waals surface area contributed by atoms with Gasteiger partial charge < -0.3 is 10.6 Å². The van der Waals surface area contributed by atoms with Crippen LogP contribution in [-0.2, 0) is 5.41 Å². The molecule has 4 nitrogen and oxygen atoms in total. The highest BCUT2D eigenvalue weighted by molar-refractivity contribution is 6.35. The standard InChI is InChI=1S/C15H18Cl2N4/c1-15(2,3)14-20-12(18-4)8-13(21-14)19-11-6-9(16)5-10(17)7-11/h5-8H,1-4H3,(H2,18,19,20,21). The van der Waals surface area contributed by atoms with E-state index in [1.807, 2.05) is 13.1 Å². The molecule has 0 spiro atoms. The Bertz CT molecular complexity index is 630. The van der Waals surface area contributed by atoms with Crippen molar-refractivity contribution in [3.63, 3.8) is 0 Å². The molecule has 0 amide bonds. The summed E-state index contributed by atoms with van der Waals surface area (Å²) in [7, 11) is 1.83. The van der Waals surface area contributed by atoms with Gasteiger partial charge in [0, 0.05) is 34.3 Å². The van der Waals surface area contributed by atoms with Crippen molar-refractivity contribution in [3.8, 4) is 0 Å². The first-order chi connectivity index (χ1) is 9.77. The predicted molar refractivity (Wildman–Crippen MR) is 90.0 cm³/mol. The predicted octanol–water partition coefficient (Wildman–Crippen LogP) is 4.87. The third-order valence-corrected chi connectivity index (χ3v) is 3.22. The van der Waals surface area contributed by atoms with Gasteiger partial charge in [0.05, 0.1) is 0 Å². The quantitative estimate of drug-likeness (QED) is 0.845. The largest absolute Gasteiger partial charge is 0.373 e. The average molecular weight is 325 g/mol. The van der Waals surface area contributed by atoms with Gasteiger partial charge in [-0.3, -0.25) is 0 Å². The third kappa shape index (κ3) is 4.22. The van der Waals surface area contributed by atoms with E-state index in [9.17, 15) is 0 Å². The van der Waals surface area contributed by atoms with Crippen molar-refractivity contribution in [2.45, 2.75) is 26.2 Å². The fourth-order valence-electron chi connectivity index (χ4n) is 1.75. The van der Waals surface area contributed by atoms with Crippen molar-refractivity contribution < 1.29 is 0 Å². The van der Waals surface area contributed by atoms with E-state index in [4.69, 9.17) is 23.2 Å². The second kappa shape index (κ2) is 6.08. The molecule has 21 heavy (non-hydrogen) atoms. The van der Waals surface area contributed by atoms with Crippen LogP contribution in [0.4, 0.5) is 17.3 Å². The van der Waals surface area contributed by atoms with Gasteiger partial charge in [-0.15, -0.1) is 0 Å². The average Bonchev–Trinajstić information content (AvgIpc) is 2.36. The lowest BCUT2D eigenvalue weighted by atomic mass is 9.96. The molecule has 0 bridgehead atoms. The van der Waals surface area contributed by atoms with E-state index < -0.39 is 0 Å². The number of anilines is 3. The molecule has 0 aliphatic heterocycles. The lowest BCUT2D eigenvalue weighted by Gasteiger charge is -2.19. The van der Waals surface area contributed by atoms with Gasteiger partial charge in [-0.05, 0) is 18.2 Å². The van der Waals surface area contributed by atoms with Crippen molar-refractivity contribution in [3.05, 3.63) is 40.1 Å². The molecule has 0 radical (unpaired) electrons. The minimum absolute atomic E-state index is 0.144. The van der Waals surface area contributed by atoms with Crippen LogP contribution in [-0.4, -0.2) is 17.0 Å². The highest BCUT2D eigenvalue weighted by Gasteiger charge is 2.19. The number of nitrogens with one attached hydrogen (secondary N) is 2. The van der Waals surface area contributed by atoms with E-state index in [2.05, 4.69) is 41.4 Å². The first kappa shape index (κ1) is 15.9. The van der Waals surface area contributed by atoms with Gasteiger partial charge in [0.15, 0.2) is 0 Å². The molecule has 1 aromatic carbocycles. The molecule has 0 aliphatic carbocycles. The fourth-order valence-corrected chi connectivity index (χ4v) is 2.27. The van der Waals surface area contributed by atoms with Gasteiger partial charge in [-0.25, -0.2) is 9.97 Å². The summed E-state index contributed by atoms with van der Waals surface area (Å²) < 4.78 is 0. The Kier molecular flexibility index (Phi) is 4.59. The minimum atomic E-state index is -0.144. The monoisotopic (exact) mass is 324 g/mol. The van der Waals surface area contributed by atoms with E-state index in [-0.39, 0.29) is 5.41 Å². The van der Waals surface area contributed by atoms with Crippen LogP contribution in [0.5, 0.6) is 0 Å². The molecule has 0 aliphatic rings. The summed E-state index contributed by atoms with van der Waals surface area (Å²) in [6.45, 7) is 6.21. The summed E-state index contributed by atoms with van der Waals surface area (Å²) in [6, 6.07) is 7.12. The van der Waals surface area contributed by atoms with Crippen LogP contribution in [0.2, 0.25) is 10.0 Å². The van der Waals surface area contributed by atoms with Gasteiger partial charge in [-0.2, -0.15) is 0 Å². The van der Waals surface area contributed by atoms with Crippen LogP contribution < -0.4 is 10.6 Å². The summed E-state index contributed by atoms with van der Waals surface area (Å²) >= 11 is 12.0. The first-order valence-corrected chi connectivity index (χ1v) is 7.34. The van der Waals surface area contributed by atoms with Crippen molar-refractivity contribution in [2.75, 3.05) is 17.7 Å². The molecule has 0 saturated carbocycles. The third-order valence-electron chi connectivity index (χ3n) is 2.79. The molecule has 0 fully saturated rings. The molecule has 2 N–H and O–H groups in total. The highest BCUT2D eigenvalue weighted by Crippen LogP contribution is 2.27. The molecule has 112 valence electrons. The zero-order valence-electron chi connectivity index (χ0n) is 12.5. The number of aromatic nitrogens is 2. The number of halogens is 2. The first-order valence-electron chi connectivity index (χ1n) is 6.58. The molecular formula is C15H18Cl2N4. The van der Waals surface area contributed by atoms with Crippen LogP contribution in [0.15, 0.2) is 24.3 Å². The van der Waals surface area contributed by atoms with Gasteiger partial charge in [0.2, 0.25) is 0 Å². The Morgan fingerprint density at radius 1 is 0.905 bits per heavy atom. The normalized spacial score (nSPS) is 11.3. The minimum Gasteiger partial charge on any atom is -0.373 e. The van der Waals surface area contributed by atoms with Gasteiger partial charge in [-0.1, -0.05) is 44.0 Å². The Morgan fingerprint density at radius 2 is 1.48 bits per heavy atom. The SMILES string of the molecule is CNc1cc(Nc2cc(Cl)cc(Cl)c2)nc(C(C)(C)C)n1. The summed E-state index contributed by atoms with van der Waals surface area (Å²) in [5.41, 5.74) is 0.642. The molecule has 0 unspecified atom stereocenters. The number of nitrogens with zero attached hydrogens (tertiary/aromatic N) is 2. The van der Waals surface area contributed by atoms with E-state index in [1.54, 1.807) is 18.2 Å². The smallest absolute Gasteiger partial charge is 0.138 e. The van der Waals surface area contributed by atoms with E-state index in [0.29, 0.717) is 15.9 Å². The maximum Gasteiger partial charge on any atom is 0.138 e. The summed E-state index contributed by atoms with van der Waals surface area (Å²) in [4.78, 5) is 9.04. The zero-order chi connectivity index (χ0) is 15.6. The zero-order valence-corrected chi connectivity index (χ0v) is 14.0. The topological polar surface area (TPSA) is 49.8 Å². The summed E-state index contributed by atoms with van der Waals surface area (Å²) in [5, 5.41) is 7.40. The maximum absolute atomic E-state index is 6.01. The second-order valence-corrected chi connectivity index (χ2v) is 6.62. The fraction of sp³-hybridized carbons (Fsp3) is 0.333. The van der Waals surface area contributed by atoms with E-state index in [0.717, 1.165) is 17.3 Å². The van der Waals surface area contributed by atoms with Gasteiger partial charge in [0.1, 0.15) is 17.5 Å². The van der Waals surface area contributed by atoms with Gasteiger partial charge in [0.25, 0.3) is 0 Å². The number of rotatable bonds is 3. The lowest BCUT2D eigenvalue weighted by Crippen LogP contribution is -2.17. The highest BCUT2D eigenvalue weighted by atomic mass is 35.5. The van der Waals surface area contributed by atoms with Crippen molar-refractivity contribution in [1.29, 1.82) is 0 Å². The van der Waals surface area contributed by atoms with Crippen LogP contribution in [0, 0.1) is 0 Å². The van der Waals surface area contributed by atoms with Crippen molar-refractivity contribution >= 4 is 40.5 Å².